The minimum Gasteiger partial charge on any atom is -0.464 e. The number of hydrogen-bond acceptors (Lipinski definition) is 5. The average molecular weight is 484 g/mol. The van der Waals surface area contributed by atoms with Crippen LogP contribution < -0.4 is 14.2 Å². The Hall–Kier alpha value is -2.70. The molecule has 0 radical (unpaired) electrons. The zero-order valence-corrected chi connectivity index (χ0v) is 18.1. The lowest BCUT2D eigenvalue weighted by Gasteiger charge is -2.38. The molecule has 0 unspecified atom stereocenters. The fourth-order valence-corrected chi connectivity index (χ4v) is 4.79. The Kier molecular flexibility index (Phi) is 4.18. The molecule has 0 saturated carbocycles. The summed E-state index contributed by atoms with van der Waals surface area (Å²) in [7, 11) is 0. The van der Waals surface area contributed by atoms with Crippen LogP contribution in [0.3, 0.4) is 0 Å². The third-order valence-corrected chi connectivity index (χ3v) is 6.32. The molecule has 30 heavy (non-hydrogen) atoms. The Balaban J connectivity index is 1.44. The van der Waals surface area contributed by atoms with Crippen molar-refractivity contribution in [3.63, 3.8) is 0 Å². The molecule has 150 valence electrons. The van der Waals surface area contributed by atoms with Gasteiger partial charge in [0.2, 0.25) is 13.0 Å². The summed E-state index contributed by atoms with van der Waals surface area (Å²) >= 11 is 9.88. The van der Waals surface area contributed by atoms with Gasteiger partial charge in [-0.2, -0.15) is 5.10 Å². The second-order valence-electron chi connectivity index (χ2n) is 7.42. The van der Waals surface area contributed by atoms with E-state index in [9.17, 15) is 0 Å². The summed E-state index contributed by atoms with van der Waals surface area (Å²) in [6.07, 6.45) is 0.425. The summed E-state index contributed by atoms with van der Waals surface area (Å²) in [5, 5.41) is 7.72. The van der Waals surface area contributed by atoms with Gasteiger partial charge in [0.05, 0.1) is 11.8 Å². The van der Waals surface area contributed by atoms with E-state index < -0.39 is 0 Å². The molecule has 0 spiro atoms. The third-order valence-electron chi connectivity index (χ3n) is 5.59. The van der Waals surface area contributed by atoms with Crippen LogP contribution in [0.4, 0.5) is 0 Å². The molecule has 0 N–H and O–H groups in total. The van der Waals surface area contributed by atoms with E-state index in [1.165, 1.54) is 0 Å². The molecule has 0 fully saturated rings. The van der Waals surface area contributed by atoms with Crippen LogP contribution in [0.15, 0.2) is 70.2 Å². The molecule has 0 aliphatic carbocycles. The van der Waals surface area contributed by atoms with Gasteiger partial charge in [-0.3, -0.25) is 0 Å². The molecular formula is C23H16BrClN2O3. The average Bonchev–Trinajstić information content (AvgIpc) is 3.40. The molecule has 7 heteroatoms. The van der Waals surface area contributed by atoms with Crippen LogP contribution >= 0.6 is 27.5 Å². The molecule has 5 nitrogen and oxygen atoms in total. The summed E-state index contributed by atoms with van der Waals surface area (Å²) in [4.78, 5) is 0. The summed E-state index contributed by atoms with van der Waals surface area (Å²) in [6.45, 7) is 0.255. The first-order chi connectivity index (χ1) is 14.7. The molecule has 3 aliphatic heterocycles. The van der Waals surface area contributed by atoms with Crippen molar-refractivity contribution in [1.82, 2.24) is 5.01 Å². The lowest BCUT2D eigenvalue weighted by Crippen LogP contribution is -2.33. The first-order valence-corrected chi connectivity index (χ1v) is 10.8. The maximum atomic E-state index is 6.39. The van der Waals surface area contributed by atoms with Crippen LogP contribution in [0.25, 0.3) is 0 Å². The lowest BCUT2D eigenvalue weighted by molar-refractivity contribution is -0.0190. The largest absolute Gasteiger partial charge is 0.464 e. The van der Waals surface area contributed by atoms with E-state index in [0.29, 0.717) is 5.02 Å². The highest BCUT2D eigenvalue weighted by atomic mass is 79.9. The minimum atomic E-state index is -0.326. The summed E-state index contributed by atoms with van der Waals surface area (Å²) in [6, 6.07) is 19.9. The van der Waals surface area contributed by atoms with Crippen molar-refractivity contribution in [2.75, 3.05) is 6.79 Å². The monoisotopic (exact) mass is 482 g/mol. The van der Waals surface area contributed by atoms with E-state index >= 15 is 0 Å². The molecule has 6 rings (SSSR count). The first kappa shape index (κ1) is 18.1. The molecule has 3 aromatic carbocycles. The van der Waals surface area contributed by atoms with Crippen LogP contribution in [0.2, 0.25) is 5.02 Å². The molecule has 0 amide bonds. The molecule has 2 atom stereocenters. The molecular weight excluding hydrogens is 468 g/mol. The number of hydrogen-bond donors (Lipinski definition) is 0. The van der Waals surface area contributed by atoms with Crippen LogP contribution in [-0.2, 0) is 0 Å². The highest BCUT2D eigenvalue weighted by Crippen LogP contribution is 2.48. The topological polar surface area (TPSA) is 43.3 Å². The SMILES string of the molecule is Clc1ccc2c(c1)[C@@H]1CC(c3ccc4c(c3)OCO4)=NN1[C@@H](c1cccc(Br)c1)O2. The highest BCUT2D eigenvalue weighted by Gasteiger charge is 2.41. The van der Waals surface area contributed by atoms with Gasteiger partial charge >= 0.3 is 0 Å². The van der Waals surface area contributed by atoms with Crippen molar-refractivity contribution in [1.29, 1.82) is 0 Å². The Morgan fingerprint density at radius 3 is 2.73 bits per heavy atom. The zero-order valence-electron chi connectivity index (χ0n) is 15.7. The predicted octanol–water partition coefficient (Wildman–Crippen LogP) is 6.07. The van der Waals surface area contributed by atoms with E-state index in [2.05, 4.69) is 28.1 Å². The Labute approximate surface area is 186 Å². The lowest BCUT2D eigenvalue weighted by atomic mass is 9.95. The number of benzene rings is 3. The Bertz CT molecular complexity index is 1200. The zero-order chi connectivity index (χ0) is 20.2. The maximum absolute atomic E-state index is 6.39. The van der Waals surface area contributed by atoms with Gasteiger partial charge in [-0.25, -0.2) is 5.01 Å². The molecule has 0 bridgehead atoms. The Morgan fingerprint density at radius 1 is 0.967 bits per heavy atom. The molecule has 0 saturated heterocycles. The number of nitrogens with zero attached hydrogens (tertiary/aromatic N) is 2. The van der Waals surface area contributed by atoms with Crippen LogP contribution in [0.1, 0.15) is 35.4 Å². The second kappa shape index (κ2) is 6.93. The van der Waals surface area contributed by atoms with Gasteiger partial charge in [0.1, 0.15) is 5.75 Å². The quantitative estimate of drug-likeness (QED) is 0.443. The number of hydrazone groups is 1. The normalized spacial score (nSPS) is 21.0. The number of halogens is 2. The van der Waals surface area contributed by atoms with E-state index in [4.69, 9.17) is 30.9 Å². The maximum Gasteiger partial charge on any atom is 0.231 e. The summed E-state index contributed by atoms with van der Waals surface area (Å²) in [5.74, 6) is 2.36. The van der Waals surface area contributed by atoms with Crippen LogP contribution in [0, 0.1) is 0 Å². The van der Waals surface area contributed by atoms with Gasteiger partial charge in [-0.05, 0) is 48.5 Å². The van der Waals surface area contributed by atoms with Gasteiger partial charge in [0, 0.05) is 32.6 Å². The van der Waals surface area contributed by atoms with Gasteiger partial charge in [0.25, 0.3) is 0 Å². The van der Waals surface area contributed by atoms with Crippen LogP contribution in [0.5, 0.6) is 17.2 Å². The predicted molar refractivity (Wildman–Crippen MR) is 117 cm³/mol. The van der Waals surface area contributed by atoms with Crippen molar-refractivity contribution in [2.45, 2.75) is 18.7 Å². The van der Waals surface area contributed by atoms with Gasteiger partial charge in [0.15, 0.2) is 11.5 Å². The van der Waals surface area contributed by atoms with Crippen molar-refractivity contribution >= 4 is 33.2 Å². The number of fused-ring (bicyclic) bond motifs is 4. The Morgan fingerprint density at radius 2 is 1.83 bits per heavy atom. The van der Waals surface area contributed by atoms with E-state index in [1.807, 2.05) is 53.5 Å². The summed E-state index contributed by atoms with van der Waals surface area (Å²) in [5.41, 5.74) is 4.08. The molecule has 3 aromatic rings. The van der Waals surface area contributed by atoms with E-state index in [0.717, 1.165) is 50.5 Å². The fourth-order valence-electron chi connectivity index (χ4n) is 4.19. The van der Waals surface area contributed by atoms with Crippen molar-refractivity contribution < 1.29 is 14.2 Å². The van der Waals surface area contributed by atoms with Crippen molar-refractivity contribution in [2.24, 2.45) is 5.10 Å². The molecule has 3 heterocycles. The summed E-state index contributed by atoms with van der Waals surface area (Å²) < 4.78 is 18.4. The third kappa shape index (κ3) is 2.94. The molecule has 0 aromatic heterocycles. The smallest absolute Gasteiger partial charge is 0.231 e. The number of ether oxygens (including phenoxy) is 3. The minimum absolute atomic E-state index is 0.0388. The van der Waals surface area contributed by atoms with Crippen molar-refractivity contribution in [3.8, 4) is 17.2 Å². The van der Waals surface area contributed by atoms with Gasteiger partial charge in [-0.15, -0.1) is 0 Å². The molecule has 3 aliphatic rings. The second-order valence-corrected chi connectivity index (χ2v) is 8.77. The van der Waals surface area contributed by atoms with Crippen molar-refractivity contribution in [3.05, 3.63) is 86.8 Å². The highest BCUT2D eigenvalue weighted by molar-refractivity contribution is 9.10. The van der Waals surface area contributed by atoms with Crippen LogP contribution in [-0.4, -0.2) is 17.5 Å². The van der Waals surface area contributed by atoms with E-state index in [-0.39, 0.29) is 19.1 Å². The van der Waals surface area contributed by atoms with Gasteiger partial charge in [-0.1, -0.05) is 39.7 Å². The van der Waals surface area contributed by atoms with E-state index in [1.54, 1.807) is 0 Å². The number of rotatable bonds is 2. The fraction of sp³-hybridized carbons (Fsp3) is 0.174. The standard InChI is InChI=1S/C23H16BrClN2O3/c24-15-3-1-2-14(8-15)23-27-19(17-10-16(25)5-7-20(17)30-23)11-18(26-27)13-4-6-21-22(9-13)29-12-28-21/h1-10,19,23H,11-12H2/t19-,23+/m0/s1. The first-order valence-electron chi connectivity index (χ1n) is 9.63. The van der Waals surface area contributed by atoms with Gasteiger partial charge < -0.3 is 14.2 Å².